The van der Waals surface area contributed by atoms with Crippen LogP contribution in [0.4, 0.5) is 4.79 Å². The Kier molecular flexibility index (Phi) is 7.58. The molecule has 4 amide bonds. The maximum Gasteiger partial charge on any atom is 0.321 e. The smallest absolute Gasteiger partial charge is 0.321 e. The molecule has 0 radical (unpaired) electrons. The van der Waals surface area contributed by atoms with Crippen molar-refractivity contribution in [3.8, 4) is 0 Å². The average molecular weight is 383 g/mol. The molecule has 0 saturated carbocycles. The number of piperazine rings is 1. The number of morpholine rings is 1. The maximum absolute atomic E-state index is 12.4. The lowest BCUT2D eigenvalue weighted by atomic mass is 10.1. The zero-order chi connectivity index (χ0) is 20.0. The van der Waals surface area contributed by atoms with Gasteiger partial charge < -0.3 is 15.0 Å². The van der Waals surface area contributed by atoms with E-state index in [1.807, 2.05) is 30.6 Å². The van der Waals surface area contributed by atoms with Crippen LogP contribution in [0.15, 0.2) is 0 Å². The number of ether oxygens (including phenoxy) is 1. The molecule has 2 saturated heterocycles. The molecule has 0 bridgehead atoms. The SMILES string of the molecule is CC(C(=O)NC(=O)NC(C)(C)C)N1CCN(C(=O)CN2CCOCC2)CC1. The van der Waals surface area contributed by atoms with Gasteiger partial charge in [-0.2, -0.15) is 0 Å². The van der Waals surface area contributed by atoms with Crippen LogP contribution in [0.5, 0.6) is 0 Å². The highest BCUT2D eigenvalue weighted by Crippen LogP contribution is 2.08. The molecule has 2 fully saturated rings. The number of hydrogen-bond donors (Lipinski definition) is 2. The number of amides is 4. The van der Waals surface area contributed by atoms with E-state index in [-0.39, 0.29) is 11.8 Å². The van der Waals surface area contributed by atoms with Crippen LogP contribution in [0.25, 0.3) is 0 Å². The zero-order valence-corrected chi connectivity index (χ0v) is 16.9. The number of nitrogens with zero attached hydrogens (tertiary/aromatic N) is 3. The van der Waals surface area contributed by atoms with Crippen molar-refractivity contribution < 1.29 is 19.1 Å². The van der Waals surface area contributed by atoms with Gasteiger partial charge in [0.05, 0.1) is 25.8 Å². The monoisotopic (exact) mass is 383 g/mol. The van der Waals surface area contributed by atoms with Gasteiger partial charge in [-0.05, 0) is 27.7 Å². The van der Waals surface area contributed by atoms with E-state index >= 15 is 0 Å². The highest BCUT2D eigenvalue weighted by molar-refractivity contribution is 5.97. The Labute approximate surface area is 161 Å². The first-order valence-electron chi connectivity index (χ1n) is 9.60. The molecule has 0 aromatic rings. The highest BCUT2D eigenvalue weighted by Gasteiger charge is 2.29. The number of nitrogens with one attached hydrogen (secondary N) is 2. The van der Waals surface area contributed by atoms with Gasteiger partial charge in [-0.1, -0.05) is 0 Å². The fraction of sp³-hybridized carbons (Fsp3) is 0.833. The summed E-state index contributed by atoms with van der Waals surface area (Å²) >= 11 is 0. The van der Waals surface area contributed by atoms with Gasteiger partial charge >= 0.3 is 6.03 Å². The topological polar surface area (TPSA) is 94.2 Å². The second-order valence-electron chi connectivity index (χ2n) is 8.17. The summed E-state index contributed by atoms with van der Waals surface area (Å²) in [5.41, 5.74) is -0.403. The van der Waals surface area contributed by atoms with E-state index in [1.165, 1.54) is 0 Å². The van der Waals surface area contributed by atoms with Gasteiger partial charge in [0.2, 0.25) is 11.8 Å². The minimum Gasteiger partial charge on any atom is -0.379 e. The summed E-state index contributed by atoms with van der Waals surface area (Å²) < 4.78 is 5.30. The number of hydrogen-bond acceptors (Lipinski definition) is 6. The summed E-state index contributed by atoms with van der Waals surface area (Å²) in [5.74, 6) is -0.206. The largest absolute Gasteiger partial charge is 0.379 e. The van der Waals surface area contributed by atoms with Crippen molar-refractivity contribution >= 4 is 17.8 Å². The molecular formula is C18H33N5O4. The van der Waals surface area contributed by atoms with Crippen molar-refractivity contribution in [3.63, 3.8) is 0 Å². The quantitative estimate of drug-likeness (QED) is 0.678. The van der Waals surface area contributed by atoms with E-state index in [0.29, 0.717) is 45.9 Å². The lowest BCUT2D eigenvalue weighted by Gasteiger charge is -2.38. The van der Waals surface area contributed by atoms with E-state index in [9.17, 15) is 14.4 Å². The Balaban J connectivity index is 1.74. The second-order valence-corrected chi connectivity index (χ2v) is 8.17. The van der Waals surface area contributed by atoms with Gasteiger partial charge in [0.1, 0.15) is 0 Å². The number of carbonyl (C=O) groups excluding carboxylic acids is 3. The Morgan fingerprint density at radius 1 is 1.00 bits per heavy atom. The molecule has 0 spiro atoms. The van der Waals surface area contributed by atoms with Crippen LogP contribution in [-0.4, -0.2) is 103 Å². The van der Waals surface area contributed by atoms with Crippen molar-refractivity contribution in [2.75, 3.05) is 59.0 Å². The molecule has 154 valence electrons. The highest BCUT2D eigenvalue weighted by atomic mass is 16.5. The summed E-state index contributed by atoms with van der Waals surface area (Å²) in [7, 11) is 0. The molecule has 1 atom stereocenters. The lowest BCUT2D eigenvalue weighted by Crippen LogP contribution is -2.58. The first kappa shape index (κ1) is 21.6. The molecule has 9 heteroatoms. The van der Waals surface area contributed by atoms with Crippen LogP contribution in [0.2, 0.25) is 0 Å². The third-order valence-electron chi connectivity index (χ3n) is 4.78. The second kappa shape index (κ2) is 9.48. The zero-order valence-electron chi connectivity index (χ0n) is 16.9. The van der Waals surface area contributed by atoms with Crippen molar-refractivity contribution in [1.29, 1.82) is 0 Å². The molecule has 9 nitrogen and oxygen atoms in total. The van der Waals surface area contributed by atoms with Crippen LogP contribution in [-0.2, 0) is 14.3 Å². The number of carbonyl (C=O) groups is 3. The predicted octanol–water partition coefficient (Wildman–Crippen LogP) is -0.524. The Morgan fingerprint density at radius 2 is 1.59 bits per heavy atom. The van der Waals surface area contributed by atoms with Gasteiger partial charge in [-0.3, -0.25) is 24.7 Å². The number of imide groups is 1. The van der Waals surface area contributed by atoms with Gasteiger partial charge in [-0.15, -0.1) is 0 Å². The fourth-order valence-corrected chi connectivity index (χ4v) is 3.16. The molecular weight excluding hydrogens is 350 g/mol. The van der Waals surface area contributed by atoms with Gasteiger partial charge in [0.25, 0.3) is 0 Å². The molecule has 0 aromatic heterocycles. The van der Waals surface area contributed by atoms with Crippen LogP contribution in [0.1, 0.15) is 27.7 Å². The normalized spacial score (nSPS) is 20.8. The third-order valence-corrected chi connectivity index (χ3v) is 4.78. The molecule has 0 aliphatic carbocycles. The predicted molar refractivity (Wildman–Crippen MR) is 101 cm³/mol. The van der Waals surface area contributed by atoms with E-state index in [1.54, 1.807) is 6.92 Å². The molecule has 0 aromatic carbocycles. The van der Waals surface area contributed by atoms with Crippen LogP contribution in [0.3, 0.4) is 0 Å². The number of urea groups is 1. The van der Waals surface area contributed by atoms with E-state index < -0.39 is 17.6 Å². The summed E-state index contributed by atoms with van der Waals surface area (Å²) in [4.78, 5) is 42.6. The third kappa shape index (κ3) is 7.08. The van der Waals surface area contributed by atoms with Crippen molar-refractivity contribution in [2.24, 2.45) is 0 Å². The molecule has 27 heavy (non-hydrogen) atoms. The molecule has 1 unspecified atom stereocenters. The first-order chi connectivity index (χ1) is 12.7. The maximum atomic E-state index is 12.4. The summed E-state index contributed by atoms with van der Waals surface area (Å²) in [6, 6.07) is -0.911. The summed E-state index contributed by atoms with van der Waals surface area (Å²) in [5, 5.41) is 5.10. The average Bonchev–Trinajstić information content (AvgIpc) is 2.60. The molecule has 2 aliphatic heterocycles. The van der Waals surface area contributed by atoms with E-state index in [0.717, 1.165) is 13.1 Å². The number of rotatable bonds is 4. The van der Waals surface area contributed by atoms with E-state index in [4.69, 9.17) is 4.74 Å². The van der Waals surface area contributed by atoms with Crippen LogP contribution in [0, 0.1) is 0 Å². The van der Waals surface area contributed by atoms with Crippen molar-refractivity contribution in [3.05, 3.63) is 0 Å². The minimum atomic E-state index is -0.487. The van der Waals surface area contributed by atoms with Gasteiger partial charge in [-0.25, -0.2) is 4.79 Å². The van der Waals surface area contributed by atoms with Crippen molar-refractivity contribution in [2.45, 2.75) is 39.3 Å². The minimum absolute atomic E-state index is 0.123. The van der Waals surface area contributed by atoms with Crippen molar-refractivity contribution in [1.82, 2.24) is 25.3 Å². The molecule has 2 N–H and O–H groups in total. The first-order valence-corrected chi connectivity index (χ1v) is 9.60. The summed E-state index contributed by atoms with van der Waals surface area (Å²) in [6.45, 7) is 13.1. The van der Waals surface area contributed by atoms with E-state index in [2.05, 4.69) is 15.5 Å². The Morgan fingerprint density at radius 3 is 2.15 bits per heavy atom. The van der Waals surface area contributed by atoms with Gasteiger partial charge in [0.15, 0.2) is 0 Å². The van der Waals surface area contributed by atoms with Crippen LogP contribution >= 0.6 is 0 Å². The molecule has 2 heterocycles. The molecule has 2 rings (SSSR count). The van der Waals surface area contributed by atoms with Gasteiger partial charge in [0, 0.05) is 44.8 Å². The fourth-order valence-electron chi connectivity index (χ4n) is 3.16. The Hall–Kier alpha value is -1.71. The lowest BCUT2D eigenvalue weighted by molar-refractivity contribution is -0.136. The van der Waals surface area contributed by atoms with Crippen LogP contribution < -0.4 is 10.6 Å². The Bertz CT molecular complexity index is 534. The molecule has 2 aliphatic rings. The standard InChI is InChI=1S/C18H33N5O4/c1-14(16(25)19-17(26)20-18(2,3)4)22-5-7-23(8-6-22)15(24)13-21-9-11-27-12-10-21/h14H,5-13H2,1-4H3,(H2,19,20,25,26). The summed E-state index contributed by atoms with van der Waals surface area (Å²) in [6.07, 6.45) is 0.